The zero-order valence-corrected chi connectivity index (χ0v) is 35.0. The second-order valence-electron chi connectivity index (χ2n) is 15.2. The highest BCUT2D eigenvalue weighted by Gasteiger charge is 2.45. The maximum absolute atomic E-state index is 12.1. The number of thiocarbonyl (C=S) groups is 1. The molecule has 294 valence electrons. The first kappa shape index (κ1) is 41.2. The first-order chi connectivity index (χ1) is 26.4. The van der Waals surface area contributed by atoms with Gasteiger partial charge in [0, 0.05) is 41.1 Å². The number of anilines is 1. The van der Waals surface area contributed by atoms with Crippen LogP contribution in [-0.2, 0) is 37.5 Å². The normalized spacial score (nSPS) is 19.2. The highest BCUT2D eigenvalue weighted by molar-refractivity contribution is 7.86. The number of isothiocyanates is 1. The van der Waals surface area contributed by atoms with Crippen LogP contribution in [0.2, 0.25) is 0 Å². The van der Waals surface area contributed by atoms with Crippen LogP contribution >= 0.6 is 12.2 Å². The molecule has 0 atom stereocenters. The van der Waals surface area contributed by atoms with Gasteiger partial charge in [-0.15, -0.1) is 0 Å². The van der Waals surface area contributed by atoms with E-state index in [1.807, 2.05) is 24.3 Å². The van der Waals surface area contributed by atoms with Crippen molar-refractivity contribution in [2.24, 2.45) is 4.99 Å². The molecule has 2 N–H and O–H groups in total. The van der Waals surface area contributed by atoms with Crippen LogP contribution in [0.25, 0.3) is 0 Å². The summed E-state index contributed by atoms with van der Waals surface area (Å²) in [7, 11) is -8.75. The highest BCUT2D eigenvalue weighted by atomic mass is 32.2. The molecule has 2 aliphatic heterocycles. The smallest absolute Gasteiger partial charge is 0.294 e. The average molecular weight is 815 g/mol. The number of nitrogens with zero attached hydrogens (tertiary/aromatic N) is 3. The van der Waals surface area contributed by atoms with E-state index in [0.717, 1.165) is 82.1 Å². The third-order valence-corrected chi connectivity index (χ3v) is 12.9. The molecule has 0 saturated carbocycles. The predicted octanol–water partition coefficient (Wildman–Crippen LogP) is 8.92. The molecule has 3 aromatic carbocycles. The lowest BCUT2D eigenvalue weighted by Crippen LogP contribution is -2.27. The van der Waals surface area contributed by atoms with Gasteiger partial charge < -0.3 is 9.64 Å². The zero-order valence-electron chi connectivity index (χ0n) is 32.5. The van der Waals surface area contributed by atoms with Crippen LogP contribution in [0, 0.1) is 0 Å². The molecule has 0 bridgehead atoms. The van der Waals surface area contributed by atoms with E-state index < -0.39 is 31.1 Å². The molecule has 3 aliphatic rings. The Hall–Kier alpha value is -4.49. The van der Waals surface area contributed by atoms with Gasteiger partial charge in [0.1, 0.15) is 18.1 Å². The summed E-state index contributed by atoms with van der Waals surface area (Å²) in [6.07, 6.45) is 11.5. The van der Waals surface area contributed by atoms with Crippen molar-refractivity contribution in [3.8, 4) is 5.75 Å². The number of allylic oxidation sites excluding steroid dienone is 7. The van der Waals surface area contributed by atoms with E-state index in [4.69, 9.17) is 17.0 Å². The van der Waals surface area contributed by atoms with Gasteiger partial charge in [0.2, 0.25) is 5.69 Å². The Balaban J connectivity index is 1.44. The summed E-state index contributed by atoms with van der Waals surface area (Å²) in [4.78, 5) is 5.93. The fraction of sp³-hybridized carbons (Fsp3) is 0.349. The van der Waals surface area contributed by atoms with Gasteiger partial charge in [0.25, 0.3) is 20.2 Å². The van der Waals surface area contributed by atoms with Crippen molar-refractivity contribution < 1.29 is 35.3 Å². The number of rotatable bonds is 12. The Morgan fingerprint density at radius 2 is 1.54 bits per heavy atom. The third kappa shape index (κ3) is 8.02. The SMILES string of the molecule is CCN1C(=CC=C2CCCC(C=CC3=[N+](CC)c4ccc(S(=O)(=O)O)cc4C3(C)C)=C2Oc2ccc(CCN=C=S)cc2)C(C)(C)c2cc(S(=O)(=O)O)ccc21. The number of fused-ring (bicyclic) bond motifs is 2. The molecule has 0 aromatic heterocycles. The Labute approximate surface area is 335 Å². The van der Waals surface area contributed by atoms with Crippen molar-refractivity contribution in [2.75, 3.05) is 24.5 Å². The number of aliphatic imine (C=N–C) groups is 1. The molecule has 56 heavy (non-hydrogen) atoms. The van der Waals surface area contributed by atoms with E-state index in [9.17, 15) is 25.9 Å². The Morgan fingerprint density at radius 3 is 2.16 bits per heavy atom. The van der Waals surface area contributed by atoms with Crippen LogP contribution in [0.1, 0.15) is 77.5 Å². The van der Waals surface area contributed by atoms with E-state index >= 15 is 0 Å². The minimum atomic E-state index is -4.38. The molecule has 3 aromatic rings. The van der Waals surface area contributed by atoms with Crippen molar-refractivity contribution in [2.45, 2.75) is 87.8 Å². The van der Waals surface area contributed by atoms with E-state index in [-0.39, 0.29) is 9.79 Å². The maximum Gasteiger partial charge on any atom is 0.294 e. The molecule has 2 heterocycles. The number of ether oxygens (including phenoxy) is 1. The van der Waals surface area contributed by atoms with Gasteiger partial charge in [-0.3, -0.25) is 9.11 Å². The number of likely N-dealkylation sites (N-methyl/N-ethyl adjacent to an activating group) is 1. The number of hydrogen-bond donors (Lipinski definition) is 2. The first-order valence-electron chi connectivity index (χ1n) is 18.7. The van der Waals surface area contributed by atoms with Crippen molar-refractivity contribution in [3.05, 3.63) is 124 Å². The summed E-state index contributed by atoms with van der Waals surface area (Å²) in [5.41, 5.74) is 7.39. The summed E-state index contributed by atoms with van der Waals surface area (Å²) in [5, 5.41) is 2.41. The third-order valence-electron chi connectivity index (χ3n) is 11.0. The summed E-state index contributed by atoms with van der Waals surface area (Å²) >= 11 is 4.71. The number of benzene rings is 3. The van der Waals surface area contributed by atoms with Gasteiger partial charge in [-0.25, -0.2) is 4.99 Å². The van der Waals surface area contributed by atoms with Crippen molar-refractivity contribution >= 4 is 54.7 Å². The second-order valence-corrected chi connectivity index (χ2v) is 18.2. The maximum atomic E-state index is 12.1. The van der Waals surface area contributed by atoms with E-state index in [2.05, 4.69) is 85.5 Å². The van der Waals surface area contributed by atoms with Crippen LogP contribution in [0.4, 0.5) is 11.4 Å². The van der Waals surface area contributed by atoms with E-state index in [1.54, 1.807) is 24.3 Å². The molecular formula is C43H48N3O7S3+. The van der Waals surface area contributed by atoms with Crippen LogP contribution in [0.3, 0.4) is 0 Å². The van der Waals surface area contributed by atoms with Crippen LogP contribution < -0.4 is 9.64 Å². The Kier molecular flexibility index (Phi) is 11.6. The molecule has 0 radical (unpaired) electrons. The van der Waals surface area contributed by atoms with Crippen molar-refractivity contribution in [1.82, 2.24) is 0 Å². The molecular weight excluding hydrogens is 767 g/mol. The standard InChI is InChI=1S/C43H47N3O7S3/c1-7-45-37-20-18-33(55(47,48)49)26-35(37)42(3,4)39(45)22-14-30-10-9-11-31(41(30)53-32-16-12-29(13-17-32)24-25-44-28-54)15-23-40-43(5,6)36-27-34(56(50,51)52)19-21-38(36)46(40)8-2/h12-23,26-27H,7-11,24-25H2,1-6H3,(H-,47,48,49,50,51,52)/p+1. The first-order valence-corrected chi connectivity index (χ1v) is 22.0. The lowest BCUT2D eigenvalue weighted by molar-refractivity contribution is -0.433. The molecule has 0 fully saturated rings. The summed E-state index contributed by atoms with van der Waals surface area (Å²) in [5.74, 6) is 1.43. The average Bonchev–Trinajstić information content (AvgIpc) is 3.50. The molecule has 10 nitrogen and oxygen atoms in total. The number of hydrogen-bond acceptors (Lipinski definition) is 8. The van der Waals surface area contributed by atoms with Gasteiger partial charge in [-0.05, 0) is 142 Å². The fourth-order valence-corrected chi connectivity index (χ4v) is 9.20. The molecule has 13 heteroatoms. The topological polar surface area (TPSA) is 137 Å². The van der Waals surface area contributed by atoms with Gasteiger partial charge in [0.15, 0.2) is 5.71 Å². The van der Waals surface area contributed by atoms with Gasteiger partial charge >= 0.3 is 0 Å². The van der Waals surface area contributed by atoms with Crippen molar-refractivity contribution in [1.29, 1.82) is 0 Å². The van der Waals surface area contributed by atoms with E-state index in [1.165, 1.54) is 12.1 Å². The zero-order chi connectivity index (χ0) is 40.6. The minimum absolute atomic E-state index is 0.133. The van der Waals surface area contributed by atoms with Gasteiger partial charge in [-0.1, -0.05) is 32.1 Å². The van der Waals surface area contributed by atoms with Crippen LogP contribution in [-0.4, -0.2) is 61.0 Å². The predicted molar refractivity (Wildman–Crippen MR) is 224 cm³/mol. The molecule has 0 spiro atoms. The monoisotopic (exact) mass is 814 g/mol. The Morgan fingerprint density at radius 1 is 0.875 bits per heavy atom. The molecule has 1 aliphatic carbocycles. The molecule has 0 amide bonds. The summed E-state index contributed by atoms with van der Waals surface area (Å²) in [6.45, 7) is 14.2. The van der Waals surface area contributed by atoms with Gasteiger partial charge in [-0.2, -0.15) is 21.4 Å². The van der Waals surface area contributed by atoms with Gasteiger partial charge in [0.05, 0.1) is 26.9 Å². The fourth-order valence-electron chi connectivity index (χ4n) is 8.09. The quantitative estimate of drug-likeness (QED) is 0.0795. The highest BCUT2D eigenvalue weighted by Crippen LogP contribution is 2.49. The molecule has 6 rings (SSSR count). The lowest BCUT2D eigenvalue weighted by atomic mass is 9.81. The van der Waals surface area contributed by atoms with Crippen LogP contribution in [0.15, 0.2) is 122 Å². The summed E-state index contributed by atoms with van der Waals surface area (Å²) < 4.78 is 76.8. The molecule has 0 unspecified atom stereocenters. The Bertz CT molecular complexity index is 2500. The minimum Gasteiger partial charge on any atom is -0.457 e. The van der Waals surface area contributed by atoms with Crippen LogP contribution in [0.5, 0.6) is 5.75 Å². The second kappa shape index (κ2) is 15.8. The molecule has 0 saturated heterocycles. The van der Waals surface area contributed by atoms with Crippen molar-refractivity contribution in [3.63, 3.8) is 0 Å². The lowest BCUT2D eigenvalue weighted by Gasteiger charge is -2.26. The largest absolute Gasteiger partial charge is 0.457 e. The summed E-state index contributed by atoms with van der Waals surface area (Å²) in [6, 6.07) is 17.5. The van der Waals surface area contributed by atoms with E-state index in [0.29, 0.717) is 25.4 Å².